The molecule has 1 saturated heterocycles. The van der Waals surface area contributed by atoms with Gasteiger partial charge in [0.25, 0.3) is 0 Å². The molecule has 1 amide bonds. The molecule has 0 unspecified atom stereocenters. The quantitative estimate of drug-likeness (QED) is 0.627. The van der Waals surface area contributed by atoms with Crippen LogP contribution in [-0.4, -0.2) is 54.1 Å². The third-order valence-corrected chi connectivity index (χ3v) is 4.63. The third kappa shape index (κ3) is 5.84. The van der Waals surface area contributed by atoms with E-state index in [0.29, 0.717) is 6.42 Å². The summed E-state index contributed by atoms with van der Waals surface area (Å²) in [6.45, 7) is 3.28. The molecule has 0 bridgehead atoms. The van der Waals surface area contributed by atoms with Crippen molar-refractivity contribution in [3.05, 3.63) is 42.2 Å². The molecule has 2 heterocycles. The summed E-state index contributed by atoms with van der Waals surface area (Å²) in [6, 6.07) is 9.99. The standard InChI is InChI=1S/C20H27N5O2/c1-27-17-7-5-16(6-8-17)9-11-22-19-14-18(23-15-24-19)21-10-3-13-25-12-2-4-20(25)26/h5-8,14-15H,2-4,9-13H2,1H3,(H2,21,22,23,24). The minimum atomic E-state index is 0.278. The maximum atomic E-state index is 11.6. The largest absolute Gasteiger partial charge is 0.497 e. The van der Waals surface area contributed by atoms with Gasteiger partial charge in [-0.05, 0) is 37.0 Å². The van der Waals surface area contributed by atoms with Crippen LogP contribution in [0.4, 0.5) is 11.6 Å². The topological polar surface area (TPSA) is 79.4 Å². The lowest BCUT2D eigenvalue weighted by Gasteiger charge is -2.15. The van der Waals surface area contributed by atoms with Crippen LogP contribution in [0.5, 0.6) is 5.75 Å². The van der Waals surface area contributed by atoms with Crippen LogP contribution in [0.3, 0.4) is 0 Å². The van der Waals surface area contributed by atoms with Crippen molar-refractivity contribution >= 4 is 17.5 Å². The van der Waals surface area contributed by atoms with Gasteiger partial charge in [0, 0.05) is 38.7 Å². The van der Waals surface area contributed by atoms with Gasteiger partial charge >= 0.3 is 0 Å². The number of amides is 1. The Labute approximate surface area is 160 Å². The monoisotopic (exact) mass is 369 g/mol. The lowest BCUT2D eigenvalue weighted by molar-refractivity contribution is -0.127. The Morgan fingerprint density at radius 1 is 1.11 bits per heavy atom. The van der Waals surface area contributed by atoms with Gasteiger partial charge < -0.3 is 20.3 Å². The zero-order valence-corrected chi connectivity index (χ0v) is 15.8. The Morgan fingerprint density at radius 3 is 2.52 bits per heavy atom. The van der Waals surface area contributed by atoms with E-state index in [-0.39, 0.29) is 5.91 Å². The van der Waals surface area contributed by atoms with E-state index in [0.717, 1.165) is 62.8 Å². The van der Waals surface area contributed by atoms with Crippen LogP contribution in [0.1, 0.15) is 24.8 Å². The molecule has 7 heteroatoms. The van der Waals surface area contributed by atoms with Crippen LogP contribution in [-0.2, 0) is 11.2 Å². The number of carbonyl (C=O) groups excluding carboxylic acids is 1. The lowest BCUT2D eigenvalue weighted by atomic mass is 10.1. The van der Waals surface area contributed by atoms with Crippen molar-refractivity contribution in [2.45, 2.75) is 25.7 Å². The summed E-state index contributed by atoms with van der Waals surface area (Å²) in [5.41, 5.74) is 1.24. The molecule has 2 N–H and O–H groups in total. The zero-order chi connectivity index (χ0) is 18.9. The number of likely N-dealkylation sites (tertiary alicyclic amines) is 1. The van der Waals surface area contributed by atoms with E-state index in [4.69, 9.17) is 4.74 Å². The second-order valence-corrected chi connectivity index (χ2v) is 6.58. The number of methoxy groups -OCH3 is 1. The Balaban J connectivity index is 1.38. The predicted octanol–water partition coefficient (Wildman–Crippen LogP) is 2.56. The molecule has 1 aromatic heterocycles. The predicted molar refractivity (Wildman–Crippen MR) is 106 cm³/mol. The molecule has 7 nitrogen and oxygen atoms in total. The van der Waals surface area contributed by atoms with Crippen LogP contribution >= 0.6 is 0 Å². The number of aromatic nitrogens is 2. The van der Waals surface area contributed by atoms with E-state index >= 15 is 0 Å². The van der Waals surface area contributed by atoms with Crippen molar-refractivity contribution in [2.75, 3.05) is 43.9 Å². The maximum absolute atomic E-state index is 11.6. The van der Waals surface area contributed by atoms with E-state index in [9.17, 15) is 4.79 Å². The fraction of sp³-hybridized carbons (Fsp3) is 0.450. The first-order valence-electron chi connectivity index (χ1n) is 9.45. The van der Waals surface area contributed by atoms with Gasteiger partial charge in [0.2, 0.25) is 5.91 Å². The molecule has 1 aliphatic heterocycles. The summed E-state index contributed by atoms with van der Waals surface area (Å²) < 4.78 is 5.17. The molecule has 0 saturated carbocycles. The maximum Gasteiger partial charge on any atom is 0.222 e. The Bertz CT molecular complexity index is 735. The van der Waals surface area contributed by atoms with Crippen LogP contribution in [0.15, 0.2) is 36.7 Å². The van der Waals surface area contributed by atoms with E-state index in [2.05, 4.69) is 32.7 Å². The molecule has 0 aliphatic carbocycles. The van der Waals surface area contributed by atoms with E-state index < -0.39 is 0 Å². The van der Waals surface area contributed by atoms with Crippen molar-refractivity contribution in [2.24, 2.45) is 0 Å². The van der Waals surface area contributed by atoms with Crippen molar-refractivity contribution in [1.29, 1.82) is 0 Å². The highest BCUT2D eigenvalue weighted by atomic mass is 16.5. The first-order valence-corrected chi connectivity index (χ1v) is 9.45. The van der Waals surface area contributed by atoms with Crippen LogP contribution in [0.2, 0.25) is 0 Å². The van der Waals surface area contributed by atoms with Gasteiger partial charge in [0.1, 0.15) is 23.7 Å². The molecular weight excluding hydrogens is 342 g/mol. The minimum Gasteiger partial charge on any atom is -0.497 e. The SMILES string of the molecule is COc1ccc(CCNc2cc(NCCCN3CCCC3=O)ncn2)cc1. The number of hydrogen-bond donors (Lipinski definition) is 2. The molecule has 27 heavy (non-hydrogen) atoms. The molecular formula is C20H27N5O2. The Hall–Kier alpha value is -2.83. The van der Waals surface area contributed by atoms with E-state index in [1.165, 1.54) is 5.56 Å². The smallest absolute Gasteiger partial charge is 0.222 e. The second kappa shape index (κ2) is 9.75. The highest BCUT2D eigenvalue weighted by Gasteiger charge is 2.18. The first-order chi connectivity index (χ1) is 13.2. The highest BCUT2D eigenvalue weighted by Crippen LogP contribution is 2.13. The van der Waals surface area contributed by atoms with Gasteiger partial charge in [0.15, 0.2) is 0 Å². The molecule has 0 spiro atoms. The van der Waals surface area contributed by atoms with Gasteiger partial charge in [-0.3, -0.25) is 4.79 Å². The highest BCUT2D eigenvalue weighted by molar-refractivity contribution is 5.78. The Kier molecular flexibility index (Phi) is 6.84. The van der Waals surface area contributed by atoms with Gasteiger partial charge in [-0.1, -0.05) is 12.1 Å². The van der Waals surface area contributed by atoms with E-state index in [1.807, 2.05) is 23.1 Å². The number of ether oxygens (including phenoxy) is 1. The first kappa shape index (κ1) is 18.9. The summed E-state index contributed by atoms with van der Waals surface area (Å²) in [4.78, 5) is 22.0. The van der Waals surface area contributed by atoms with Crippen molar-refractivity contribution in [3.8, 4) is 5.75 Å². The average molecular weight is 369 g/mol. The van der Waals surface area contributed by atoms with Gasteiger partial charge in [-0.2, -0.15) is 0 Å². The summed E-state index contributed by atoms with van der Waals surface area (Å²) >= 11 is 0. The molecule has 1 fully saturated rings. The van der Waals surface area contributed by atoms with E-state index in [1.54, 1.807) is 13.4 Å². The number of hydrogen-bond acceptors (Lipinski definition) is 6. The molecule has 2 aromatic rings. The molecule has 1 aliphatic rings. The molecule has 1 aromatic carbocycles. The molecule has 0 atom stereocenters. The number of carbonyl (C=O) groups is 1. The molecule has 3 rings (SSSR count). The number of nitrogens with one attached hydrogen (secondary N) is 2. The van der Waals surface area contributed by atoms with Gasteiger partial charge in [-0.25, -0.2) is 9.97 Å². The summed E-state index contributed by atoms with van der Waals surface area (Å²) in [7, 11) is 1.67. The Morgan fingerprint density at radius 2 is 1.85 bits per heavy atom. The van der Waals surface area contributed by atoms with Crippen LogP contribution in [0.25, 0.3) is 0 Å². The van der Waals surface area contributed by atoms with Crippen LogP contribution < -0.4 is 15.4 Å². The van der Waals surface area contributed by atoms with Crippen molar-refractivity contribution < 1.29 is 9.53 Å². The van der Waals surface area contributed by atoms with Gasteiger partial charge in [-0.15, -0.1) is 0 Å². The molecule has 0 radical (unpaired) electrons. The lowest BCUT2D eigenvalue weighted by Crippen LogP contribution is -2.27. The minimum absolute atomic E-state index is 0.278. The number of nitrogens with zero attached hydrogens (tertiary/aromatic N) is 3. The van der Waals surface area contributed by atoms with Gasteiger partial charge in [0.05, 0.1) is 7.11 Å². The fourth-order valence-corrected chi connectivity index (χ4v) is 3.10. The third-order valence-electron chi connectivity index (χ3n) is 4.63. The number of rotatable bonds is 10. The fourth-order valence-electron chi connectivity index (χ4n) is 3.10. The van der Waals surface area contributed by atoms with Crippen molar-refractivity contribution in [1.82, 2.24) is 14.9 Å². The normalized spacial score (nSPS) is 13.7. The second-order valence-electron chi connectivity index (χ2n) is 6.58. The summed E-state index contributed by atoms with van der Waals surface area (Å²) in [5.74, 6) is 2.74. The average Bonchev–Trinajstić information content (AvgIpc) is 3.11. The zero-order valence-electron chi connectivity index (χ0n) is 15.8. The summed E-state index contributed by atoms with van der Waals surface area (Å²) in [5, 5.41) is 6.63. The molecule has 144 valence electrons. The van der Waals surface area contributed by atoms with Crippen LogP contribution in [0, 0.1) is 0 Å². The van der Waals surface area contributed by atoms with Crippen molar-refractivity contribution in [3.63, 3.8) is 0 Å². The number of anilines is 2. The number of benzene rings is 1. The summed E-state index contributed by atoms with van der Waals surface area (Å²) in [6.07, 6.45) is 5.06.